The van der Waals surface area contributed by atoms with Crippen LogP contribution in [0.15, 0.2) is 82.9 Å². The lowest BCUT2D eigenvalue weighted by Gasteiger charge is -2.15. The summed E-state index contributed by atoms with van der Waals surface area (Å²) < 4.78 is 0. The Balaban J connectivity index is 1.74. The fraction of sp³-hybridized carbons (Fsp3) is 0.0455. The van der Waals surface area contributed by atoms with Crippen molar-refractivity contribution in [1.29, 1.82) is 0 Å². The summed E-state index contributed by atoms with van der Waals surface area (Å²) in [4.78, 5) is 43.1. The zero-order chi connectivity index (χ0) is 22.0. The van der Waals surface area contributed by atoms with Gasteiger partial charge in [-0.25, -0.2) is 0 Å². The van der Waals surface area contributed by atoms with Crippen molar-refractivity contribution >= 4 is 46.4 Å². The molecule has 2 aromatic carbocycles. The fourth-order valence-electron chi connectivity index (χ4n) is 3.09. The first-order valence-electron chi connectivity index (χ1n) is 9.11. The molecule has 0 fully saturated rings. The highest BCUT2D eigenvalue weighted by molar-refractivity contribution is 8.04. The number of nitrogens with zero attached hydrogens (tertiary/aromatic N) is 3. The summed E-state index contributed by atoms with van der Waals surface area (Å²) in [5, 5.41) is 11.5. The largest absolute Gasteiger partial charge is 0.269 e. The highest BCUT2D eigenvalue weighted by Crippen LogP contribution is 2.40. The maximum Gasteiger partial charge on any atom is 0.269 e. The maximum atomic E-state index is 13.3. The molecule has 4 rings (SSSR count). The van der Waals surface area contributed by atoms with E-state index in [9.17, 15) is 19.7 Å². The van der Waals surface area contributed by atoms with Crippen LogP contribution < -0.4 is 0 Å². The van der Waals surface area contributed by atoms with Crippen LogP contribution in [-0.2, 0) is 16.1 Å². The monoisotopic (exact) mass is 451 g/mol. The predicted octanol–water partition coefficient (Wildman–Crippen LogP) is 4.72. The number of imide groups is 1. The second-order valence-electron chi connectivity index (χ2n) is 6.62. The van der Waals surface area contributed by atoms with Gasteiger partial charge in [-0.2, -0.15) is 0 Å². The Morgan fingerprint density at radius 2 is 1.71 bits per heavy atom. The van der Waals surface area contributed by atoms with Gasteiger partial charge in [-0.1, -0.05) is 29.4 Å². The number of nitro benzene ring substituents is 1. The first-order chi connectivity index (χ1) is 14.9. The Morgan fingerprint density at radius 3 is 2.32 bits per heavy atom. The van der Waals surface area contributed by atoms with E-state index >= 15 is 0 Å². The molecule has 2 heterocycles. The van der Waals surface area contributed by atoms with Crippen molar-refractivity contribution < 1.29 is 14.5 Å². The van der Waals surface area contributed by atoms with E-state index in [2.05, 4.69) is 4.98 Å². The van der Waals surface area contributed by atoms with Crippen LogP contribution in [0.1, 0.15) is 11.1 Å². The van der Waals surface area contributed by atoms with Crippen LogP contribution in [0.3, 0.4) is 0 Å². The van der Waals surface area contributed by atoms with Crippen LogP contribution in [-0.4, -0.2) is 26.6 Å². The molecule has 9 heteroatoms. The SMILES string of the molecule is O=C1C(Sc2ccc(Cl)cc2)=C(c2ccc([N+](=O)[O-])cc2)C(=O)N1Cc1cccnc1. The van der Waals surface area contributed by atoms with Crippen molar-refractivity contribution in [3.05, 3.63) is 104 Å². The first kappa shape index (κ1) is 20.8. The number of halogens is 1. The van der Waals surface area contributed by atoms with Crippen molar-refractivity contribution in [2.45, 2.75) is 11.4 Å². The molecule has 3 aromatic rings. The van der Waals surface area contributed by atoms with Crippen molar-refractivity contribution in [2.24, 2.45) is 0 Å². The molecule has 7 nitrogen and oxygen atoms in total. The number of pyridine rings is 1. The van der Waals surface area contributed by atoms with Gasteiger partial charge in [0.15, 0.2) is 0 Å². The molecule has 1 aliphatic rings. The van der Waals surface area contributed by atoms with Gasteiger partial charge in [0.25, 0.3) is 17.5 Å². The Bertz CT molecular complexity index is 1200. The summed E-state index contributed by atoms with van der Waals surface area (Å²) >= 11 is 7.11. The van der Waals surface area contributed by atoms with Gasteiger partial charge in [-0.05, 0) is 53.6 Å². The van der Waals surface area contributed by atoms with Crippen molar-refractivity contribution in [1.82, 2.24) is 9.88 Å². The molecule has 0 radical (unpaired) electrons. The van der Waals surface area contributed by atoms with Gasteiger partial charge in [-0.3, -0.25) is 29.6 Å². The number of carbonyl (C=O) groups is 2. The topological polar surface area (TPSA) is 93.4 Å². The molecule has 154 valence electrons. The number of hydrogen-bond donors (Lipinski definition) is 0. The molecule has 0 aliphatic carbocycles. The van der Waals surface area contributed by atoms with E-state index in [1.165, 1.54) is 24.3 Å². The second kappa shape index (κ2) is 8.71. The number of benzene rings is 2. The van der Waals surface area contributed by atoms with Crippen LogP contribution in [0.5, 0.6) is 0 Å². The maximum absolute atomic E-state index is 13.3. The average molecular weight is 452 g/mol. The standard InChI is InChI=1S/C22H14ClN3O4S/c23-16-5-9-18(10-6-16)31-20-19(15-3-7-17(8-4-15)26(29)30)21(27)25(22(20)28)13-14-2-1-11-24-12-14/h1-12H,13H2. The van der Waals surface area contributed by atoms with E-state index in [1.807, 2.05) is 0 Å². The summed E-state index contributed by atoms with van der Waals surface area (Å²) in [6.45, 7) is 0.0761. The minimum Gasteiger partial charge on any atom is -0.269 e. The lowest BCUT2D eigenvalue weighted by Crippen LogP contribution is -2.30. The normalized spacial score (nSPS) is 13.8. The smallest absolute Gasteiger partial charge is 0.269 e. The van der Waals surface area contributed by atoms with Crippen LogP contribution in [0.25, 0.3) is 5.57 Å². The van der Waals surface area contributed by atoms with Gasteiger partial charge in [-0.15, -0.1) is 0 Å². The second-order valence-corrected chi connectivity index (χ2v) is 8.14. The Morgan fingerprint density at radius 1 is 1.00 bits per heavy atom. The van der Waals surface area contributed by atoms with Gasteiger partial charge in [0.2, 0.25) is 0 Å². The van der Waals surface area contributed by atoms with Gasteiger partial charge < -0.3 is 0 Å². The lowest BCUT2D eigenvalue weighted by atomic mass is 10.1. The van der Waals surface area contributed by atoms with Crippen LogP contribution in [0, 0.1) is 10.1 Å². The average Bonchev–Trinajstić information content (AvgIpc) is 3.00. The predicted molar refractivity (Wildman–Crippen MR) is 117 cm³/mol. The number of non-ortho nitro benzene ring substituents is 1. The number of aromatic nitrogens is 1. The molecule has 2 amide bonds. The fourth-order valence-corrected chi connectivity index (χ4v) is 4.23. The quantitative estimate of drug-likeness (QED) is 0.306. The van der Waals surface area contributed by atoms with E-state index in [4.69, 9.17) is 11.6 Å². The van der Waals surface area contributed by atoms with Gasteiger partial charge in [0.1, 0.15) is 0 Å². The molecule has 0 saturated heterocycles. The molecule has 0 bridgehead atoms. The molecule has 1 aromatic heterocycles. The van der Waals surface area contributed by atoms with E-state index in [-0.39, 0.29) is 22.7 Å². The number of carbonyl (C=O) groups excluding carboxylic acids is 2. The summed E-state index contributed by atoms with van der Waals surface area (Å²) in [5.41, 5.74) is 1.27. The van der Waals surface area contributed by atoms with Gasteiger partial charge in [0.05, 0.1) is 21.9 Å². The minimum absolute atomic E-state index is 0.0761. The molecule has 0 unspecified atom stereocenters. The van der Waals surface area contributed by atoms with Crippen molar-refractivity contribution in [2.75, 3.05) is 0 Å². The molecular weight excluding hydrogens is 438 g/mol. The van der Waals surface area contributed by atoms with Crippen LogP contribution >= 0.6 is 23.4 Å². The zero-order valence-corrected chi connectivity index (χ0v) is 17.5. The molecule has 0 saturated carbocycles. The Hall–Kier alpha value is -3.49. The summed E-state index contributed by atoms with van der Waals surface area (Å²) in [6.07, 6.45) is 3.20. The molecule has 0 atom stereocenters. The summed E-state index contributed by atoms with van der Waals surface area (Å²) in [6, 6.07) is 16.0. The summed E-state index contributed by atoms with van der Waals surface area (Å²) in [7, 11) is 0. The van der Waals surface area contributed by atoms with Crippen LogP contribution in [0.4, 0.5) is 5.69 Å². The number of nitro groups is 1. The van der Waals surface area contributed by atoms with Crippen molar-refractivity contribution in [3.8, 4) is 0 Å². The lowest BCUT2D eigenvalue weighted by molar-refractivity contribution is -0.384. The van der Waals surface area contributed by atoms with Crippen LogP contribution in [0.2, 0.25) is 5.02 Å². The Labute approximate surface area is 186 Å². The van der Waals surface area contributed by atoms with Gasteiger partial charge in [0, 0.05) is 34.4 Å². The third kappa shape index (κ3) is 4.35. The minimum atomic E-state index is -0.516. The van der Waals surface area contributed by atoms with E-state index in [0.29, 0.717) is 16.1 Å². The molecule has 0 N–H and O–H groups in total. The highest BCUT2D eigenvalue weighted by Gasteiger charge is 2.39. The van der Waals surface area contributed by atoms with E-state index < -0.39 is 16.7 Å². The first-order valence-corrected chi connectivity index (χ1v) is 10.3. The molecule has 0 spiro atoms. The number of rotatable bonds is 6. The third-order valence-electron chi connectivity index (χ3n) is 4.59. The molecule has 31 heavy (non-hydrogen) atoms. The highest BCUT2D eigenvalue weighted by atomic mass is 35.5. The molecule has 1 aliphatic heterocycles. The Kier molecular flexibility index (Phi) is 5.83. The zero-order valence-electron chi connectivity index (χ0n) is 15.9. The van der Waals surface area contributed by atoms with Gasteiger partial charge >= 0.3 is 0 Å². The third-order valence-corrected chi connectivity index (χ3v) is 5.93. The van der Waals surface area contributed by atoms with Crippen molar-refractivity contribution in [3.63, 3.8) is 0 Å². The number of thioether (sulfide) groups is 1. The number of amides is 2. The van der Waals surface area contributed by atoms with E-state index in [0.717, 1.165) is 21.6 Å². The number of hydrogen-bond acceptors (Lipinski definition) is 6. The molecular formula is C22H14ClN3O4S. The summed E-state index contributed by atoms with van der Waals surface area (Å²) in [5.74, 6) is -0.888. The van der Waals surface area contributed by atoms with E-state index in [1.54, 1.807) is 48.8 Å².